The van der Waals surface area contributed by atoms with Gasteiger partial charge in [0.05, 0.1) is 17.3 Å². The minimum atomic E-state index is -0.629. The van der Waals surface area contributed by atoms with Gasteiger partial charge in [-0.2, -0.15) is 0 Å². The Morgan fingerprint density at radius 3 is 2.41 bits per heavy atom. The van der Waals surface area contributed by atoms with Crippen LogP contribution in [0.25, 0.3) is 0 Å². The van der Waals surface area contributed by atoms with E-state index >= 15 is 0 Å². The van der Waals surface area contributed by atoms with E-state index in [1.807, 2.05) is 48.5 Å². The first-order chi connectivity index (χ1) is 14.1. The van der Waals surface area contributed by atoms with Crippen molar-refractivity contribution in [1.82, 2.24) is 0 Å². The maximum atomic E-state index is 13.1. The average Bonchev–Trinajstić information content (AvgIpc) is 2.77. The smallest absolute Gasteiger partial charge is 0.338 e. The standard InChI is InChI=1S/C23H19NO5/c25-18-12-10-17(11-13-18)23(27)29-15-22(26)24-19-8-4-5-9-21(19)28-14-20(24)16-6-2-1-3-7-16/h1-13,20,25H,14-15H2/t20-/m1/s1. The molecule has 1 heterocycles. The van der Waals surface area contributed by atoms with Crippen molar-refractivity contribution in [3.05, 3.63) is 90.0 Å². The van der Waals surface area contributed by atoms with Crippen molar-refractivity contribution in [2.75, 3.05) is 18.1 Å². The SMILES string of the molecule is O=C(OCC(=O)N1c2ccccc2OC[C@@H]1c1ccccc1)c1ccc(O)cc1. The Bertz CT molecular complexity index is 1020. The maximum absolute atomic E-state index is 13.1. The number of phenolic OH excluding ortho intramolecular Hbond substituents is 1. The van der Waals surface area contributed by atoms with E-state index in [9.17, 15) is 14.7 Å². The number of hydrogen-bond acceptors (Lipinski definition) is 5. The molecule has 0 aliphatic carbocycles. The van der Waals surface area contributed by atoms with Gasteiger partial charge in [0.15, 0.2) is 6.61 Å². The Hall–Kier alpha value is -3.80. The lowest BCUT2D eigenvalue weighted by atomic mass is 10.0. The van der Waals surface area contributed by atoms with Crippen molar-refractivity contribution in [3.8, 4) is 11.5 Å². The van der Waals surface area contributed by atoms with Gasteiger partial charge in [-0.1, -0.05) is 42.5 Å². The van der Waals surface area contributed by atoms with Gasteiger partial charge in [-0.05, 0) is 42.0 Å². The number of aromatic hydroxyl groups is 1. The third-order valence-electron chi connectivity index (χ3n) is 4.72. The molecule has 1 amide bonds. The highest BCUT2D eigenvalue weighted by Gasteiger charge is 2.33. The second kappa shape index (κ2) is 8.06. The van der Waals surface area contributed by atoms with Crippen LogP contribution in [0.3, 0.4) is 0 Å². The van der Waals surface area contributed by atoms with Crippen LogP contribution in [0.2, 0.25) is 0 Å². The molecule has 1 aliphatic rings. The first-order valence-electron chi connectivity index (χ1n) is 9.18. The number of ether oxygens (including phenoxy) is 2. The number of benzene rings is 3. The molecule has 1 atom stereocenters. The molecule has 0 saturated heterocycles. The lowest BCUT2D eigenvalue weighted by Crippen LogP contribution is -2.43. The molecule has 3 aromatic rings. The summed E-state index contributed by atoms with van der Waals surface area (Å²) < 4.78 is 11.1. The zero-order chi connectivity index (χ0) is 20.2. The molecule has 0 fully saturated rings. The number of amides is 1. The number of rotatable bonds is 4. The Morgan fingerprint density at radius 2 is 1.66 bits per heavy atom. The van der Waals surface area contributed by atoms with E-state index in [4.69, 9.17) is 9.47 Å². The van der Waals surface area contributed by atoms with E-state index in [2.05, 4.69) is 0 Å². The number of carbonyl (C=O) groups is 2. The summed E-state index contributed by atoms with van der Waals surface area (Å²) in [6.07, 6.45) is 0. The predicted molar refractivity (Wildman–Crippen MR) is 107 cm³/mol. The molecule has 29 heavy (non-hydrogen) atoms. The molecule has 0 radical (unpaired) electrons. The van der Waals surface area contributed by atoms with Crippen LogP contribution in [-0.4, -0.2) is 30.2 Å². The molecule has 1 aliphatic heterocycles. The fraction of sp³-hybridized carbons (Fsp3) is 0.130. The summed E-state index contributed by atoms with van der Waals surface area (Å²) in [7, 11) is 0. The zero-order valence-electron chi connectivity index (χ0n) is 15.5. The van der Waals surface area contributed by atoms with E-state index < -0.39 is 12.6 Å². The van der Waals surface area contributed by atoms with Crippen molar-refractivity contribution in [3.63, 3.8) is 0 Å². The van der Waals surface area contributed by atoms with Crippen molar-refractivity contribution in [2.24, 2.45) is 0 Å². The van der Waals surface area contributed by atoms with E-state index in [1.54, 1.807) is 11.0 Å². The molecule has 146 valence electrons. The van der Waals surface area contributed by atoms with E-state index in [1.165, 1.54) is 24.3 Å². The summed E-state index contributed by atoms with van der Waals surface area (Å²) in [5.74, 6) is -0.316. The molecular weight excluding hydrogens is 370 g/mol. The van der Waals surface area contributed by atoms with Gasteiger partial charge >= 0.3 is 5.97 Å². The number of carbonyl (C=O) groups excluding carboxylic acids is 2. The molecule has 6 nitrogen and oxygen atoms in total. The highest BCUT2D eigenvalue weighted by molar-refractivity contribution is 5.99. The van der Waals surface area contributed by atoms with Gasteiger partial charge in [-0.3, -0.25) is 9.69 Å². The minimum Gasteiger partial charge on any atom is -0.508 e. The van der Waals surface area contributed by atoms with Crippen molar-refractivity contribution >= 4 is 17.6 Å². The van der Waals surface area contributed by atoms with Gasteiger partial charge in [-0.25, -0.2) is 4.79 Å². The van der Waals surface area contributed by atoms with Crippen LogP contribution in [0.5, 0.6) is 11.5 Å². The number of phenols is 1. The van der Waals surface area contributed by atoms with Crippen LogP contribution in [-0.2, 0) is 9.53 Å². The van der Waals surface area contributed by atoms with Crippen molar-refractivity contribution < 1.29 is 24.2 Å². The van der Waals surface area contributed by atoms with Crippen molar-refractivity contribution in [2.45, 2.75) is 6.04 Å². The second-order valence-electron chi connectivity index (χ2n) is 6.59. The van der Waals surface area contributed by atoms with Gasteiger partial charge in [0.1, 0.15) is 18.1 Å². The van der Waals surface area contributed by atoms with Crippen LogP contribution >= 0.6 is 0 Å². The molecule has 0 saturated carbocycles. The van der Waals surface area contributed by atoms with Crippen LogP contribution in [0.1, 0.15) is 22.0 Å². The van der Waals surface area contributed by atoms with Crippen molar-refractivity contribution in [1.29, 1.82) is 0 Å². The highest BCUT2D eigenvalue weighted by Crippen LogP contribution is 2.39. The molecule has 0 spiro atoms. The summed E-state index contributed by atoms with van der Waals surface area (Å²) >= 11 is 0. The number of para-hydroxylation sites is 2. The zero-order valence-corrected chi connectivity index (χ0v) is 15.5. The molecule has 6 heteroatoms. The van der Waals surface area contributed by atoms with Crippen LogP contribution < -0.4 is 9.64 Å². The first kappa shape index (κ1) is 18.6. The predicted octanol–water partition coefficient (Wildman–Crippen LogP) is 3.72. The number of fused-ring (bicyclic) bond motifs is 1. The van der Waals surface area contributed by atoms with Gasteiger partial charge in [-0.15, -0.1) is 0 Å². The third kappa shape index (κ3) is 3.91. The van der Waals surface area contributed by atoms with Gasteiger partial charge < -0.3 is 14.6 Å². The van der Waals surface area contributed by atoms with E-state index in [0.29, 0.717) is 18.0 Å². The molecule has 0 aromatic heterocycles. The molecule has 4 rings (SSSR count). The van der Waals surface area contributed by atoms with Gasteiger partial charge in [0, 0.05) is 0 Å². The number of anilines is 1. The van der Waals surface area contributed by atoms with Crippen LogP contribution in [0.4, 0.5) is 5.69 Å². The first-order valence-corrected chi connectivity index (χ1v) is 9.18. The lowest BCUT2D eigenvalue weighted by molar-refractivity contribution is -0.122. The highest BCUT2D eigenvalue weighted by atomic mass is 16.5. The molecule has 1 N–H and O–H groups in total. The number of esters is 1. The van der Waals surface area contributed by atoms with Crippen LogP contribution in [0, 0.1) is 0 Å². The monoisotopic (exact) mass is 389 g/mol. The second-order valence-corrected chi connectivity index (χ2v) is 6.59. The molecular formula is C23H19NO5. The third-order valence-corrected chi connectivity index (χ3v) is 4.72. The minimum absolute atomic E-state index is 0.0493. The molecule has 0 bridgehead atoms. The van der Waals surface area contributed by atoms with E-state index in [0.717, 1.165) is 5.56 Å². The number of nitrogens with zero attached hydrogens (tertiary/aromatic N) is 1. The Morgan fingerprint density at radius 1 is 0.966 bits per heavy atom. The normalized spacial score (nSPS) is 15.2. The summed E-state index contributed by atoms with van der Waals surface area (Å²) in [5, 5.41) is 9.33. The van der Waals surface area contributed by atoms with Gasteiger partial charge in [0.25, 0.3) is 5.91 Å². The Labute approximate surface area is 167 Å². The maximum Gasteiger partial charge on any atom is 0.338 e. The molecule has 3 aromatic carbocycles. The van der Waals surface area contributed by atoms with Crippen LogP contribution in [0.15, 0.2) is 78.9 Å². The fourth-order valence-electron chi connectivity index (χ4n) is 3.30. The summed E-state index contributed by atoms with van der Waals surface area (Å²) in [4.78, 5) is 27.0. The Balaban J connectivity index is 1.56. The quantitative estimate of drug-likeness (QED) is 0.689. The topological polar surface area (TPSA) is 76.1 Å². The largest absolute Gasteiger partial charge is 0.508 e. The average molecular weight is 389 g/mol. The number of hydrogen-bond donors (Lipinski definition) is 1. The fourth-order valence-corrected chi connectivity index (χ4v) is 3.30. The Kier molecular flexibility index (Phi) is 5.16. The van der Waals surface area contributed by atoms with Gasteiger partial charge in [0.2, 0.25) is 0 Å². The summed E-state index contributed by atoms with van der Waals surface area (Å²) in [5.41, 5.74) is 1.83. The lowest BCUT2D eigenvalue weighted by Gasteiger charge is -2.37. The summed E-state index contributed by atoms with van der Waals surface area (Å²) in [6.45, 7) is -0.101. The summed E-state index contributed by atoms with van der Waals surface area (Å²) in [6, 6.07) is 22.2. The van der Waals surface area contributed by atoms with E-state index in [-0.39, 0.29) is 23.3 Å². The molecule has 0 unspecified atom stereocenters.